The van der Waals surface area contributed by atoms with Gasteiger partial charge in [0.15, 0.2) is 0 Å². The summed E-state index contributed by atoms with van der Waals surface area (Å²) in [5, 5.41) is 9.20. The molecule has 3 atom stereocenters. The minimum Gasteiger partial charge on any atom is -0.481 e. The van der Waals surface area contributed by atoms with Crippen molar-refractivity contribution in [3.05, 3.63) is 12.2 Å². The Bertz CT molecular complexity index is 351. The Labute approximate surface area is 109 Å². The number of hydrogen-bond donors (Lipinski definition) is 1. The number of carbonyl (C=O) groups excluding carboxylic acids is 1. The van der Waals surface area contributed by atoms with E-state index in [-0.39, 0.29) is 11.8 Å². The van der Waals surface area contributed by atoms with Crippen LogP contribution < -0.4 is 0 Å². The molecule has 1 aliphatic carbocycles. The summed E-state index contributed by atoms with van der Waals surface area (Å²) in [6, 6.07) is 0. The summed E-state index contributed by atoms with van der Waals surface area (Å²) in [5.74, 6) is -1.45. The lowest BCUT2D eigenvalue weighted by molar-refractivity contribution is -0.148. The van der Waals surface area contributed by atoms with Gasteiger partial charge >= 0.3 is 5.97 Å². The molecule has 4 nitrogen and oxygen atoms in total. The van der Waals surface area contributed by atoms with Gasteiger partial charge in [-0.1, -0.05) is 19.1 Å². The largest absolute Gasteiger partial charge is 0.481 e. The summed E-state index contributed by atoms with van der Waals surface area (Å²) >= 11 is 0. The number of hydrogen-bond acceptors (Lipinski definition) is 2. The van der Waals surface area contributed by atoms with Crippen molar-refractivity contribution >= 4 is 11.9 Å². The van der Waals surface area contributed by atoms with E-state index in [1.54, 1.807) is 4.90 Å². The highest BCUT2D eigenvalue weighted by Crippen LogP contribution is 2.37. The first-order valence-electron chi connectivity index (χ1n) is 6.52. The molecule has 0 saturated heterocycles. The fourth-order valence-electron chi connectivity index (χ4n) is 2.74. The Morgan fingerprint density at radius 1 is 1.33 bits per heavy atom. The SMILES string of the molecule is C=C(C)CN(CC)C(=O)[C@H]1CC(C)C[C@H]1C(=O)O. The molecule has 1 saturated carbocycles. The number of aliphatic carboxylic acids is 1. The summed E-state index contributed by atoms with van der Waals surface area (Å²) < 4.78 is 0. The van der Waals surface area contributed by atoms with Crippen LogP contribution in [0.25, 0.3) is 0 Å². The van der Waals surface area contributed by atoms with Crippen LogP contribution in [0.1, 0.15) is 33.6 Å². The Hall–Kier alpha value is -1.32. The van der Waals surface area contributed by atoms with E-state index in [1.807, 2.05) is 20.8 Å². The fraction of sp³-hybridized carbons (Fsp3) is 0.714. The monoisotopic (exact) mass is 253 g/mol. The minimum absolute atomic E-state index is 0.0303. The maximum absolute atomic E-state index is 12.4. The van der Waals surface area contributed by atoms with Crippen molar-refractivity contribution in [2.75, 3.05) is 13.1 Å². The molecule has 1 unspecified atom stereocenters. The van der Waals surface area contributed by atoms with Crippen LogP contribution in [0.15, 0.2) is 12.2 Å². The number of nitrogens with zero attached hydrogens (tertiary/aromatic N) is 1. The van der Waals surface area contributed by atoms with E-state index in [9.17, 15) is 14.7 Å². The highest BCUT2D eigenvalue weighted by Gasteiger charge is 2.42. The van der Waals surface area contributed by atoms with Crippen molar-refractivity contribution in [2.45, 2.75) is 33.6 Å². The third-order valence-electron chi connectivity index (χ3n) is 3.59. The number of carboxylic acid groups (broad SMARTS) is 1. The Morgan fingerprint density at radius 2 is 1.89 bits per heavy atom. The van der Waals surface area contributed by atoms with Crippen molar-refractivity contribution < 1.29 is 14.7 Å². The summed E-state index contributed by atoms with van der Waals surface area (Å²) in [4.78, 5) is 25.3. The summed E-state index contributed by atoms with van der Waals surface area (Å²) in [5.41, 5.74) is 0.920. The highest BCUT2D eigenvalue weighted by atomic mass is 16.4. The average molecular weight is 253 g/mol. The van der Waals surface area contributed by atoms with Crippen molar-refractivity contribution in [1.29, 1.82) is 0 Å². The molecule has 1 aliphatic rings. The molecule has 0 spiro atoms. The van der Waals surface area contributed by atoms with E-state index < -0.39 is 11.9 Å². The molecule has 1 rings (SSSR count). The fourth-order valence-corrected chi connectivity index (χ4v) is 2.74. The molecule has 0 radical (unpaired) electrons. The summed E-state index contributed by atoms with van der Waals surface area (Å²) in [7, 11) is 0. The van der Waals surface area contributed by atoms with Gasteiger partial charge in [-0.3, -0.25) is 9.59 Å². The maximum Gasteiger partial charge on any atom is 0.307 e. The van der Waals surface area contributed by atoms with Crippen molar-refractivity contribution in [3.63, 3.8) is 0 Å². The Morgan fingerprint density at radius 3 is 2.33 bits per heavy atom. The van der Waals surface area contributed by atoms with Crippen LogP contribution in [-0.4, -0.2) is 35.0 Å². The molecule has 0 aromatic carbocycles. The van der Waals surface area contributed by atoms with Crippen LogP contribution in [0, 0.1) is 17.8 Å². The lowest BCUT2D eigenvalue weighted by Crippen LogP contribution is -2.39. The molecule has 0 aliphatic heterocycles. The average Bonchev–Trinajstić information content (AvgIpc) is 2.67. The van der Waals surface area contributed by atoms with Gasteiger partial charge in [0.2, 0.25) is 5.91 Å². The van der Waals surface area contributed by atoms with Gasteiger partial charge in [0.1, 0.15) is 0 Å². The molecule has 102 valence electrons. The van der Waals surface area contributed by atoms with Crippen LogP contribution in [-0.2, 0) is 9.59 Å². The third kappa shape index (κ3) is 3.34. The Balaban J connectivity index is 2.80. The second-order valence-electron chi connectivity index (χ2n) is 5.44. The standard InChI is InChI=1S/C14H23NO3/c1-5-15(8-9(2)3)13(16)11-6-10(4)7-12(11)14(17)18/h10-12H,2,5-8H2,1,3-4H3,(H,17,18)/t10?,11-,12+/m0/s1. The first kappa shape index (κ1) is 14.7. The van der Waals surface area contributed by atoms with Crippen LogP contribution in [0.3, 0.4) is 0 Å². The van der Waals surface area contributed by atoms with E-state index >= 15 is 0 Å². The first-order valence-corrected chi connectivity index (χ1v) is 6.52. The molecule has 1 amide bonds. The molecule has 0 heterocycles. The molecule has 1 N–H and O–H groups in total. The highest BCUT2D eigenvalue weighted by molar-refractivity contribution is 5.85. The minimum atomic E-state index is -0.843. The number of likely N-dealkylation sites (N-methyl/N-ethyl adjacent to an activating group) is 1. The van der Waals surface area contributed by atoms with E-state index in [0.29, 0.717) is 31.8 Å². The second kappa shape index (κ2) is 6.03. The lowest BCUT2D eigenvalue weighted by atomic mass is 9.94. The van der Waals surface area contributed by atoms with Crippen LogP contribution in [0.2, 0.25) is 0 Å². The zero-order valence-electron chi connectivity index (χ0n) is 11.5. The summed E-state index contributed by atoms with van der Waals surface area (Å²) in [6.45, 7) is 10.7. The third-order valence-corrected chi connectivity index (χ3v) is 3.59. The molecular weight excluding hydrogens is 230 g/mol. The molecular formula is C14H23NO3. The topological polar surface area (TPSA) is 57.6 Å². The maximum atomic E-state index is 12.4. The molecule has 0 aromatic heterocycles. The van der Waals surface area contributed by atoms with Gasteiger partial charge in [-0.25, -0.2) is 0 Å². The predicted octanol–water partition coefficient (Wildman–Crippen LogP) is 2.16. The van der Waals surface area contributed by atoms with Crippen LogP contribution >= 0.6 is 0 Å². The quantitative estimate of drug-likeness (QED) is 0.764. The van der Waals surface area contributed by atoms with Crippen molar-refractivity contribution in [1.82, 2.24) is 4.90 Å². The van der Waals surface area contributed by atoms with Crippen LogP contribution in [0.4, 0.5) is 0 Å². The normalized spacial score (nSPS) is 26.9. The van der Waals surface area contributed by atoms with E-state index in [2.05, 4.69) is 6.58 Å². The summed E-state index contributed by atoms with van der Waals surface area (Å²) in [6.07, 6.45) is 1.29. The molecule has 18 heavy (non-hydrogen) atoms. The van der Waals surface area contributed by atoms with Gasteiger partial charge in [0, 0.05) is 13.1 Å². The number of carboxylic acids is 1. The van der Waals surface area contributed by atoms with Crippen molar-refractivity contribution in [2.24, 2.45) is 17.8 Å². The van der Waals surface area contributed by atoms with Crippen molar-refractivity contribution in [3.8, 4) is 0 Å². The zero-order valence-corrected chi connectivity index (χ0v) is 11.5. The Kier molecular flexibility index (Phi) is 4.93. The number of amides is 1. The predicted molar refractivity (Wildman–Crippen MR) is 70.1 cm³/mol. The number of rotatable bonds is 5. The second-order valence-corrected chi connectivity index (χ2v) is 5.44. The zero-order chi connectivity index (χ0) is 13.9. The van der Waals surface area contributed by atoms with Crippen LogP contribution in [0.5, 0.6) is 0 Å². The molecule has 4 heteroatoms. The smallest absolute Gasteiger partial charge is 0.307 e. The van der Waals surface area contributed by atoms with Gasteiger partial charge in [0.05, 0.1) is 11.8 Å². The van der Waals surface area contributed by atoms with Gasteiger partial charge in [0.25, 0.3) is 0 Å². The molecule has 1 fully saturated rings. The molecule has 0 aromatic rings. The lowest BCUT2D eigenvalue weighted by Gasteiger charge is -2.26. The van der Waals surface area contributed by atoms with Gasteiger partial charge in [-0.05, 0) is 32.6 Å². The van der Waals surface area contributed by atoms with Gasteiger partial charge in [-0.15, -0.1) is 0 Å². The van der Waals surface area contributed by atoms with E-state index in [1.165, 1.54) is 0 Å². The number of carbonyl (C=O) groups is 2. The van der Waals surface area contributed by atoms with E-state index in [4.69, 9.17) is 0 Å². The first-order chi connectivity index (χ1) is 8.36. The van der Waals surface area contributed by atoms with E-state index in [0.717, 1.165) is 5.57 Å². The van der Waals surface area contributed by atoms with Gasteiger partial charge in [-0.2, -0.15) is 0 Å². The molecule has 0 bridgehead atoms. The van der Waals surface area contributed by atoms with Gasteiger partial charge < -0.3 is 10.0 Å².